The number of amides is 3. The highest BCUT2D eigenvalue weighted by atomic mass is 35.5. The number of aliphatic hydroxyl groups excluding tert-OH is 1. The first-order valence-corrected chi connectivity index (χ1v) is 13.0. The van der Waals surface area contributed by atoms with E-state index in [1.165, 1.54) is 6.42 Å². The number of rotatable bonds is 10. The summed E-state index contributed by atoms with van der Waals surface area (Å²) in [7, 11) is 0. The van der Waals surface area contributed by atoms with Crippen LogP contribution in [0.3, 0.4) is 0 Å². The van der Waals surface area contributed by atoms with Gasteiger partial charge in [-0.3, -0.25) is 9.59 Å². The van der Waals surface area contributed by atoms with Gasteiger partial charge in [0.2, 0.25) is 11.8 Å². The van der Waals surface area contributed by atoms with Crippen LogP contribution in [0.1, 0.15) is 70.8 Å². The maximum atomic E-state index is 13.0. The second-order valence-corrected chi connectivity index (χ2v) is 10.8. The van der Waals surface area contributed by atoms with Crippen LogP contribution >= 0.6 is 11.6 Å². The van der Waals surface area contributed by atoms with Crippen molar-refractivity contribution in [2.75, 3.05) is 6.61 Å². The van der Waals surface area contributed by atoms with E-state index in [4.69, 9.17) is 16.3 Å². The maximum absolute atomic E-state index is 13.0. The fourth-order valence-corrected chi connectivity index (χ4v) is 5.43. The number of aliphatic hydroxyl groups is 1. The minimum Gasteiger partial charge on any atom is -0.445 e. The van der Waals surface area contributed by atoms with Crippen LogP contribution < -0.4 is 16.0 Å². The zero-order valence-corrected chi connectivity index (χ0v) is 21.4. The number of halogens is 1. The van der Waals surface area contributed by atoms with E-state index in [0.29, 0.717) is 17.9 Å². The molecule has 3 amide bonds. The first-order chi connectivity index (χ1) is 16.7. The highest BCUT2D eigenvalue weighted by Crippen LogP contribution is 2.39. The number of hydrogen-bond donors (Lipinski definition) is 4. The van der Waals surface area contributed by atoms with E-state index in [1.807, 2.05) is 13.8 Å². The minimum absolute atomic E-state index is 0.000970. The summed E-state index contributed by atoms with van der Waals surface area (Å²) in [6.07, 6.45) is 6.21. The van der Waals surface area contributed by atoms with E-state index in [9.17, 15) is 19.5 Å². The zero-order chi connectivity index (χ0) is 25.4. The minimum atomic E-state index is -0.821. The fraction of sp³-hybridized carbons (Fsp3) is 0.654. The lowest BCUT2D eigenvalue weighted by atomic mass is 9.78. The number of ether oxygens (including phenoxy) is 1. The Morgan fingerprint density at radius 2 is 1.97 bits per heavy atom. The Balaban J connectivity index is 1.54. The molecule has 2 aliphatic rings. The van der Waals surface area contributed by atoms with Crippen LogP contribution in [-0.4, -0.2) is 47.2 Å². The summed E-state index contributed by atoms with van der Waals surface area (Å²) < 4.78 is 5.27. The monoisotopic (exact) mass is 507 g/mol. The van der Waals surface area contributed by atoms with Gasteiger partial charge in [0.1, 0.15) is 12.6 Å². The number of benzene rings is 1. The van der Waals surface area contributed by atoms with E-state index < -0.39 is 24.1 Å². The SMILES string of the molecule is CC(C)C[C@H](NC(=O)OCc1cccc(Cl)c1)C(=O)NC(CO)CC1CC2(CCCCC2)NC1=O. The van der Waals surface area contributed by atoms with Crippen molar-refractivity contribution in [3.63, 3.8) is 0 Å². The Morgan fingerprint density at radius 1 is 1.23 bits per heavy atom. The molecule has 1 heterocycles. The Morgan fingerprint density at radius 3 is 2.63 bits per heavy atom. The highest BCUT2D eigenvalue weighted by Gasteiger charge is 2.45. The number of carbonyl (C=O) groups excluding carboxylic acids is 3. The molecule has 1 spiro atoms. The van der Waals surface area contributed by atoms with Crippen LogP contribution in [0.25, 0.3) is 0 Å². The third kappa shape index (κ3) is 8.10. The van der Waals surface area contributed by atoms with Gasteiger partial charge in [0.25, 0.3) is 0 Å². The predicted octanol–water partition coefficient (Wildman–Crippen LogP) is 3.69. The summed E-state index contributed by atoms with van der Waals surface area (Å²) in [5.74, 6) is -0.507. The molecular formula is C26H38ClN3O5. The number of carbonyl (C=O) groups is 3. The molecule has 1 saturated carbocycles. The molecule has 3 atom stereocenters. The summed E-state index contributed by atoms with van der Waals surface area (Å²) in [5, 5.41) is 19.2. The van der Waals surface area contributed by atoms with Crippen molar-refractivity contribution in [1.29, 1.82) is 0 Å². The van der Waals surface area contributed by atoms with E-state index in [2.05, 4.69) is 16.0 Å². The van der Waals surface area contributed by atoms with Crippen LogP contribution in [0.5, 0.6) is 0 Å². The van der Waals surface area contributed by atoms with Crippen molar-refractivity contribution in [2.24, 2.45) is 11.8 Å². The normalized spacial score (nSPS) is 20.8. The maximum Gasteiger partial charge on any atom is 0.408 e. The lowest BCUT2D eigenvalue weighted by Gasteiger charge is -2.33. The molecule has 2 fully saturated rings. The third-order valence-electron chi connectivity index (χ3n) is 6.92. The molecule has 1 aromatic rings. The summed E-state index contributed by atoms with van der Waals surface area (Å²) in [5.41, 5.74) is 0.613. The van der Waals surface area contributed by atoms with Crippen molar-refractivity contribution in [2.45, 2.75) is 89.4 Å². The second kappa shape index (κ2) is 12.6. The van der Waals surface area contributed by atoms with Crippen LogP contribution in [0, 0.1) is 11.8 Å². The van der Waals surface area contributed by atoms with Crippen molar-refractivity contribution in [3.8, 4) is 0 Å². The molecule has 9 heteroatoms. The Hall–Kier alpha value is -2.32. The molecule has 0 bridgehead atoms. The lowest BCUT2D eigenvalue weighted by molar-refractivity contribution is -0.126. The quantitative estimate of drug-likeness (QED) is 0.385. The summed E-state index contributed by atoms with van der Waals surface area (Å²) in [4.78, 5) is 38.1. The smallest absolute Gasteiger partial charge is 0.408 e. The van der Waals surface area contributed by atoms with Gasteiger partial charge >= 0.3 is 6.09 Å². The van der Waals surface area contributed by atoms with Gasteiger partial charge in [0.15, 0.2) is 0 Å². The van der Waals surface area contributed by atoms with E-state index in [1.54, 1.807) is 24.3 Å². The van der Waals surface area contributed by atoms with Crippen LogP contribution in [0.15, 0.2) is 24.3 Å². The van der Waals surface area contributed by atoms with Gasteiger partial charge in [0, 0.05) is 16.5 Å². The number of nitrogens with one attached hydrogen (secondary N) is 3. The Bertz CT molecular complexity index is 887. The van der Waals surface area contributed by atoms with Gasteiger partial charge in [-0.25, -0.2) is 4.79 Å². The van der Waals surface area contributed by atoms with Gasteiger partial charge in [0.05, 0.1) is 12.6 Å². The number of hydrogen-bond acceptors (Lipinski definition) is 5. The van der Waals surface area contributed by atoms with Gasteiger partial charge in [-0.1, -0.05) is 56.8 Å². The van der Waals surface area contributed by atoms with Gasteiger partial charge in [-0.15, -0.1) is 0 Å². The number of alkyl carbamates (subject to hydrolysis) is 1. The summed E-state index contributed by atoms with van der Waals surface area (Å²) >= 11 is 5.96. The van der Waals surface area contributed by atoms with Crippen molar-refractivity contribution in [3.05, 3.63) is 34.9 Å². The molecule has 3 rings (SSSR count). The summed E-state index contributed by atoms with van der Waals surface area (Å²) in [6.45, 7) is 3.65. The van der Waals surface area contributed by atoms with Gasteiger partial charge in [-0.2, -0.15) is 0 Å². The highest BCUT2D eigenvalue weighted by molar-refractivity contribution is 6.30. The first kappa shape index (κ1) is 27.3. The molecule has 35 heavy (non-hydrogen) atoms. The topological polar surface area (TPSA) is 117 Å². The van der Waals surface area contributed by atoms with Gasteiger partial charge in [-0.05, 0) is 55.7 Å². The van der Waals surface area contributed by atoms with E-state index in [0.717, 1.165) is 37.7 Å². The van der Waals surface area contributed by atoms with Crippen molar-refractivity contribution < 1.29 is 24.2 Å². The molecule has 2 unspecified atom stereocenters. The van der Waals surface area contributed by atoms with Crippen LogP contribution in [-0.2, 0) is 20.9 Å². The molecule has 1 aromatic carbocycles. The molecular weight excluding hydrogens is 470 g/mol. The molecule has 0 aromatic heterocycles. The molecule has 0 radical (unpaired) electrons. The summed E-state index contributed by atoms with van der Waals surface area (Å²) in [6, 6.07) is 5.60. The molecule has 1 saturated heterocycles. The second-order valence-electron chi connectivity index (χ2n) is 10.4. The molecule has 8 nitrogen and oxygen atoms in total. The van der Waals surface area contributed by atoms with Crippen LogP contribution in [0.2, 0.25) is 5.02 Å². The van der Waals surface area contributed by atoms with Crippen molar-refractivity contribution in [1.82, 2.24) is 16.0 Å². The third-order valence-corrected chi connectivity index (χ3v) is 7.15. The first-order valence-electron chi connectivity index (χ1n) is 12.6. The zero-order valence-electron chi connectivity index (χ0n) is 20.6. The Labute approximate surface area is 212 Å². The predicted molar refractivity (Wildman–Crippen MR) is 134 cm³/mol. The van der Waals surface area contributed by atoms with E-state index >= 15 is 0 Å². The van der Waals surface area contributed by atoms with Crippen molar-refractivity contribution >= 4 is 29.5 Å². The largest absolute Gasteiger partial charge is 0.445 e. The molecule has 1 aliphatic carbocycles. The average molecular weight is 508 g/mol. The average Bonchev–Trinajstić information content (AvgIpc) is 3.10. The van der Waals surface area contributed by atoms with Crippen LogP contribution in [0.4, 0.5) is 4.79 Å². The molecule has 194 valence electrons. The fourth-order valence-electron chi connectivity index (χ4n) is 5.21. The van der Waals surface area contributed by atoms with E-state index in [-0.39, 0.29) is 36.5 Å². The molecule has 1 aliphatic heterocycles. The Kier molecular flexibility index (Phi) is 9.80. The lowest BCUT2D eigenvalue weighted by Crippen LogP contribution is -2.51. The standard InChI is InChI=1S/C26H38ClN3O5/c1-17(2)11-22(29-25(34)35-16-18-7-6-8-20(27)12-18)24(33)28-21(15-31)13-19-14-26(30-23(19)32)9-4-3-5-10-26/h6-8,12,17,19,21-22,31H,3-5,9-11,13-16H2,1-2H3,(H,28,33)(H,29,34)(H,30,32)/t19?,21?,22-/m0/s1. The van der Waals surface area contributed by atoms with Gasteiger partial charge < -0.3 is 25.8 Å². The molecule has 4 N–H and O–H groups in total.